The van der Waals surface area contributed by atoms with Crippen LogP contribution in [0, 0.1) is 0 Å². The van der Waals surface area contributed by atoms with Crippen LogP contribution in [0.4, 0.5) is 0 Å². The summed E-state index contributed by atoms with van der Waals surface area (Å²) in [7, 11) is 1.65. The van der Waals surface area contributed by atoms with Crippen molar-refractivity contribution < 1.29 is 4.74 Å². The lowest BCUT2D eigenvalue weighted by atomic mass is 10.0. The zero-order valence-corrected chi connectivity index (χ0v) is 9.09. The van der Waals surface area contributed by atoms with Gasteiger partial charge in [-0.1, -0.05) is 18.2 Å². The largest absolute Gasteiger partial charge is 0.497 e. The lowest BCUT2D eigenvalue weighted by Gasteiger charge is -2.10. The molecule has 14 heavy (non-hydrogen) atoms. The monoisotopic (exact) mass is 213 g/mol. The van der Waals surface area contributed by atoms with Crippen LogP contribution in [-0.2, 0) is 0 Å². The standard InChI is InChI=1S/C11H15NO.ClH/c1-3-5-11(12)9-6-4-7-10(8-9)13-2;/h3-4,6-8,11H,1,5,12H2,2H3;1H. The summed E-state index contributed by atoms with van der Waals surface area (Å²) >= 11 is 0. The van der Waals surface area contributed by atoms with Gasteiger partial charge in [-0.05, 0) is 24.1 Å². The summed E-state index contributed by atoms with van der Waals surface area (Å²) in [6.07, 6.45) is 2.61. The SMILES string of the molecule is C=CCC(N)c1cccc(OC)c1.Cl. The van der Waals surface area contributed by atoms with E-state index in [0.717, 1.165) is 17.7 Å². The molecule has 0 heterocycles. The van der Waals surface area contributed by atoms with Gasteiger partial charge in [0.15, 0.2) is 0 Å². The second-order valence-corrected chi connectivity index (χ2v) is 2.91. The highest BCUT2D eigenvalue weighted by atomic mass is 35.5. The van der Waals surface area contributed by atoms with Crippen molar-refractivity contribution in [1.29, 1.82) is 0 Å². The third-order valence-electron chi connectivity index (χ3n) is 1.94. The molecule has 2 nitrogen and oxygen atoms in total. The molecule has 2 N–H and O–H groups in total. The molecule has 1 rings (SSSR count). The number of rotatable bonds is 4. The topological polar surface area (TPSA) is 35.2 Å². The van der Waals surface area contributed by atoms with Gasteiger partial charge in [0.1, 0.15) is 5.75 Å². The van der Waals surface area contributed by atoms with Crippen LogP contribution in [0.3, 0.4) is 0 Å². The van der Waals surface area contributed by atoms with E-state index in [1.54, 1.807) is 7.11 Å². The van der Waals surface area contributed by atoms with E-state index >= 15 is 0 Å². The number of methoxy groups -OCH3 is 1. The normalized spacial score (nSPS) is 11.3. The zero-order valence-electron chi connectivity index (χ0n) is 8.27. The summed E-state index contributed by atoms with van der Waals surface area (Å²) in [5, 5.41) is 0. The maximum absolute atomic E-state index is 5.90. The molecular formula is C11H16ClNO. The highest BCUT2D eigenvalue weighted by molar-refractivity contribution is 5.85. The fourth-order valence-electron chi connectivity index (χ4n) is 1.19. The molecule has 0 aliphatic rings. The van der Waals surface area contributed by atoms with Crippen molar-refractivity contribution in [2.24, 2.45) is 5.73 Å². The molecule has 0 fully saturated rings. The summed E-state index contributed by atoms with van der Waals surface area (Å²) in [4.78, 5) is 0. The Morgan fingerprint density at radius 1 is 1.57 bits per heavy atom. The first-order chi connectivity index (χ1) is 6.27. The third-order valence-corrected chi connectivity index (χ3v) is 1.94. The van der Waals surface area contributed by atoms with Crippen LogP contribution in [0.1, 0.15) is 18.0 Å². The van der Waals surface area contributed by atoms with Crippen LogP contribution >= 0.6 is 12.4 Å². The van der Waals surface area contributed by atoms with Gasteiger partial charge in [-0.15, -0.1) is 19.0 Å². The molecule has 0 aromatic heterocycles. The van der Waals surface area contributed by atoms with Crippen molar-refractivity contribution in [2.45, 2.75) is 12.5 Å². The van der Waals surface area contributed by atoms with Crippen molar-refractivity contribution in [3.8, 4) is 5.75 Å². The molecule has 0 spiro atoms. The second-order valence-electron chi connectivity index (χ2n) is 2.91. The molecule has 78 valence electrons. The number of hydrogen-bond acceptors (Lipinski definition) is 2. The van der Waals surface area contributed by atoms with E-state index in [1.165, 1.54) is 0 Å². The number of nitrogens with two attached hydrogens (primary N) is 1. The Morgan fingerprint density at radius 2 is 2.29 bits per heavy atom. The zero-order chi connectivity index (χ0) is 9.68. The van der Waals surface area contributed by atoms with E-state index in [2.05, 4.69) is 6.58 Å². The molecule has 0 radical (unpaired) electrons. The molecule has 1 unspecified atom stereocenters. The maximum Gasteiger partial charge on any atom is 0.119 e. The van der Waals surface area contributed by atoms with Crippen LogP contribution in [0.2, 0.25) is 0 Å². The van der Waals surface area contributed by atoms with Gasteiger partial charge in [0.05, 0.1) is 7.11 Å². The smallest absolute Gasteiger partial charge is 0.119 e. The molecule has 1 aromatic carbocycles. The van der Waals surface area contributed by atoms with Gasteiger partial charge < -0.3 is 10.5 Å². The minimum absolute atomic E-state index is 0. The van der Waals surface area contributed by atoms with Gasteiger partial charge in [-0.25, -0.2) is 0 Å². The van der Waals surface area contributed by atoms with Gasteiger partial charge in [-0.2, -0.15) is 0 Å². The Balaban J connectivity index is 0.00000169. The van der Waals surface area contributed by atoms with Crippen molar-refractivity contribution in [3.05, 3.63) is 42.5 Å². The summed E-state index contributed by atoms with van der Waals surface area (Å²) in [5.41, 5.74) is 6.98. The summed E-state index contributed by atoms with van der Waals surface area (Å²) < 4.78 is 5.10. The lowest BCUT2D eigenvalue weighted by molar-refractivity contribution is 0.414. The Labute approximate surface area is 91.2 Å². The highest BCUT2D eigenvalue weighted by Gasteiger charge is 2.03. The fourth-order valence-corrected chi connectivity index (χ4v) is 1.19. The Hall–Kier alpha value is -0.990. The maximum atomic E-state index is 5.90. The van der Waals surface area contributed by atoms with Crippen LogP contribution in [-0.4, -0.2) is 7.11 Å². The van der Waals surface area contributed by atoms with Gasteiger partial charge in [-0.3, -0.25) is 0 Å². The quantitative estimate of drug-likeness (QED) is 0.781. The predicted octanol–water partition coefficient (Wildman–Crippen LogP) is 2.69. The summed E-state index contributed by atoms with van der Waals surface area (Å²) in [6, 6.07) is 7.82. The first kappa shape index (κ1) is 13.0. The van der Waals surface area contributed by atoms with Gasteiger partial charge >= 0.3 is 0 Å². The van der Waals surface area contributed by atoms with Crippen LogP contribution in [0.25, 0.3) is 0 Å². The average Bonchev–Trinajstić information content (AvgIpc) is 2.18. The Kier molecular flexibility index (Phi) is 6.00. The lowest BCUT2D eigenvalue weighted by Crippen LogP contribution is -2.08. The van der Waals surface area contributed by atoms with Crippen LogP contribution in [0.15, 0.2) is 36.9 Å². The molecule has 0 aliphatic carbocycles. The summed E-state index contributed by atoms with van der Waals surface area (Å²) in [6.45, 7) is 3.66. The fraction of sp³-hybridized carbons (Fsp3) is 0.273. The van der Waals surface area contributed by atoms with Crippen molar-refractivity contribution in [2.75, 3.05) is 7.11 Å². The molecule has 0 amide bonds. The number of halogens is 1. The minimum Gasteiger partial charge on any atom is -0.497 e. The Bertz CT molecular complexity index is 288. The molecule has 1 atom stereocenters. The van der Waals surface area contributed by atoms with Gasteiger partial charge in [0.25, 0.3) is 0 Å². The molecule has 3 heteroatoms. The first-order valence-electron chi connectivity index (χ1n) is 4.28. The van der Waals surface area contributed by atoms with E-state index in [9.17, 15) is 0 Å². The molecular weight excluding hydrogens is 198 g/mol. The molecule has 0 aliphatic heterocycles. The molecule has 0 saturated carbocycles. The van der Waals surface area contributed by atoms with E-state index < -0.39 is 0 Å². The van der Waals surface area contributed by atoms with E-state index in [4.69, 9.17) is 10.5 Å². The second kappa shape index (κ2) is 6.46. The summed E-state index contributed by atoms with van der Waals surface area (Å²) in [5.74, 6) is 0.844. The van der Waals surface area contributed by atoms with E-state index in [0.29, 0.717) is 0 Å². The number of ether oxygens (including phenoxy) is 1. The molecule has 0 bridgehead atoms. The number of hydrogen-bond donors (Lipinski definition) is 1. The first-order valence-corrected chi connectivity index (χ1v) is 4.28. The van der Waals surface area contributed by atoms with Crippen LogP contribution in [0.5, 0.6) is 5.75 Å². The molecule has 1 aromatic rings. The van der Waals surface area contributed by atoms with E-state index in [1.807, 2.05) is 30.3 Å². The average molecular weight is 214 g/mol. The van der Waals surface area contributed by atoms with Crippen LogP contribution < -0.4 is 10.5 Å². The van der Waals surface area contributed by atoms with Gasteiger partial charge in [0.2, 0.25) is 0 Å². The van der Waals surface area contributed by atoms with Crippen molar-refractivity contribution in [1.82, 2.24) is 0 Å². The Morgan fingerprint density at radius 3 is 2.86 bits per heavy atom. The third kappa shape index (κ3) is 3.40. The highest BCUT2D eigenvalue weighted by Crippen LogP contribution is 2.19. The van der Waals surface area contributed by atoms with Gasteiger partial charge in [0, 0.05) is 6.04 Å². The molecule has 0 saturated heterocycles. The van der Waals surface area contributed by atoms with Crippen molar-refractivity contribution >= 4 is 12.4 Å². The van der Waals surface area contributed by atoms with E-state index in [-0.39, 0.29) is 18.4 Å². The minimum atomic E-state index is 0. The van der Waals surface area contributed by atoms with Crippen molar-refractivity contribution in [3.63, 3.8) is 0 Å². The number of benzene rings is 1. The predicted molar refractivity (Wildman–Crippen MR) is 62.0 cm³/mol.